The molecule has 0 aliphatic carbocycles. The average molecular weight is 439 g/mol. The monoisotopic (exact) mass is 436 g/mol. The average Bonchev–Trinajstić information content (AvgIpc) is 2.78. The van der Waals surface area contributed by atoms with E-state index in [1.54, 1.807) is 0 Å². The maximum atomic E-state index is 11.6. The largest absolute Gasteiger partial charge is 0.302 e. The molecule has 7 heteroatoms. The lowest BCUT2D eigenvalue weighted by molar-refractivity contribution is -0.116. The molecule has 3 nitrogen and oxygen atoms in total. The minimum absolute atomic E-state index is 0.0609. The zero-order chi connectivity index (χ0) is 14.5. The predicted octanol–water partition coefficient (Wildman–Crippen LogP) is 5.29. The van der Waals surface area contributed by atoms with Crippen molar-refractivity contribution in [1.82, 2.24) is 4.98 Å². The van der Waals surface area contributed by atoms with Gasteiger partial charge in [-0.15, -0.1) is 11.6 Å². The van der Waals surface area contributed by atoms with Crippen molar-refractivity contribution < 1.29 is 4.79 Å². The van der Waals surface area contributed by atoms with Crippen molar-refractivity contribution in [3.63, 3.8) is 0 Å². The highest BCUT2D eigenvalue weighted by atomic mass is 79.9. The number of nitrogens with one attached hydrogen (secondary N) is 1. The van der Waals surface area contributed by atoms with E-state index < -0.39 is 0 Å². The number of thiazole rings is 1. The van der Waals surface area contributed by atoms with Gasteiger partial charge in [-0.05, 0) is 34.5 Å². The van der Waals surface area contributed by atoms with Crippen LogP contribution in [0.3, 0.4) is 0 Å². The highest BCUT2D eigenvalue weighted by Gasteiger charge is 2.12. The Hall–Kier alpha value is -0.430. The molecule has 1 amide bonds. The van der Waals surface area contributed by atoms with E-state index in [1.165, 1.54) is 11.3 Å². The summed E-state index contributed by atoms with van der Waals surface area (Å²) in [5, 5.41) is 3.38. The standard InChI is InChI=1S/C13H11Br2ClN2OS/c14-9-5-3-8(4-6-9)11-12(15)20-13(18-11)17-10(19)2-1-7-16/h3-6H,1-2,7H2,(H,17,18,19). The lowest BCUT2D eigenvalue weighted by atomic mass is 10.2. The van der Waals surface area contributed by atoms with E-state index in [0.29, 0.717) is 23.9 Å². The first kappa shape index (κ1) is 15.9. The smallest absolute Gasteiger partial charge is 0.226 e. The second-order valence-electron chi connectivity index (χ2n) is 3.99. The van der Waals surface area contributed by atoms with Crippen molar-refractivity contribution in [3.8, 4) is 11.3 Å². The Morgan fingerprint density at radius 1 is 1.30 bits per heavy atom. The Labute approximate surface area is 143 Å². The number of alkyl halides is 1. The van der Waals surface area contributed by atoms with Crippen LogP contribution in [0.5, 0.6) is 0 Å². The number of amides is 1. The van der Waals surface area contributed by atoms with Gasteiger partial charge < -0.3 is 5.32 Å². The van der Waals surface area contributed by atoms with Crippen molar-refractivity contribution in [2.45, 2.75) is 12.8 Å². The zero-order valence-electron chi connectivity index (χ0n) is 10.3. The van der Waals surface area contributed by atoms with Crippen LogP contribution in [0.25, 0.3) is 11.3 Å². The van der Waals surface area contributed by atoms with Crippen LogP contribution in [0.4, 0.5) is 5.13 Å². The zero-order valence-corrected chi connectivity index (χ0v) is 15.1. The number of aromatic nitrogens is 1. The molecule has 2 aromatic rings. The van der Waals surface area contributed by atoms with Gasteiger partial charge in [-0.1, -0.05) is 39.4 Å². The summed E-state index contributed by atoms with van der Waals surface area (Å²) < 4.78 is 1.91. The first-order valence-corrected chi connectivity index (χ1v) is 8.82. The van der Waals surface area contributed by atoms with Crippen LogP contribution in [0, 0.1) is 0 Å². The third-order valence-corrected chi connectivity index (χ3v) is 4.90. The highest BCUT2D eigenvalue weighted by Crippen LogP contribution is 2.35. The van der Waals surface area contributed by atoms with Gasteiger partial charge in [0.1, 0.15) is 0 Å². The van der Waals surface area contributed by atoms with Crippen molar-refractivity contribution in [1.29, 1.82) is 0 Å². The third-order valence-electron chi connectivity index (χ3n) is 2.49. The number of carbonyl (C=O) groups excluding carboxylic acids is 1. The molecule has 0 aliphatic heterocycles. The van der Waals surface area contributed by atoms with Crippen LogP contribution in [0.1, 0.15) is 12.8 Å². The van der Waals surface area contributed by atoms with Crippen molar-refractivity contribution in [2.24, 2.45) is 0 Å². The second-order valence-corrected chi connectivity index (χ2v) is 7.60. The molecule has 0 aliphatic rings. The van der Waals surface area contributed by atoms with Gasteiger partial charge in [-0.25, -0.2) is 4.98 Å². The lowest BCUT2D eigenvalue weighted by Gasteiger charge is -1.99. The molecule has 0 atom stereocenters. The highest BCUT2D eigenvalue weighted by molar-refractivity contribution is 9.11. The van der Waals surface area contributed by atoms with Crippen molar-refractivity contribution in [2.75, 3.05) is 11.2 Å². The van der Waals surface area contributed by atoms with Gasteiger partial charge in [-0.3, -0.25) is 4.79 Å². The fourth-order valence-electron chi connectivity index (χ4n) is 1.55. The molecule has 0 unspecified atom stereocenters. The fraction of sp³-hybridized carbons (Fsp3) is 0.231. The minimum Gasteiger partial charge on any atom is -0.302 e. The van der Waals surface area contributed by atoms with Crippen LogP contribution in [-0.2, 0) is 4.79 Å². The van der Waals surface area contributed by atoms with Gasteiger partial charge in [0.05, 0.1) is 9.48 Å². The van der Waals surface area contributed by atoms with Crippen molar-refractivity contribution >= 4 is 65.8 Å². The quantitative estimate of drug-likeness (QED) is 0.645. The topological polar surface area (TPSA) is 42.0 Å². The Bertz CT molecular complexity index is 601. The number of anilines is 1. The summed E-state index contributed by atoms with van der Waals surface area (Å²) in [7, 11) is 0. The van der Waals surface area contributed by atoms with E-state index in [2.05, 4.69) is 42.2 Å². The molecule has 1 aromatic carbocycles. The molecule has 1 N–H and O–H groups in total. The molecule has 2 rings (SSSR count). The number of benzene rings is 1. The van der Waals surface area contributed by atoms with E-state index in [4.69, 9.17) is 11.6 Å². The van der Waals surface area contributed by atoms with Crippen LogP contribution < -0.4 is 5.32 Å². The molecule has 0 fully saturated rings. The van der Waals surface area contributed by atoms with Gasteiger partial charge in [0.2, 0.25) is 5.91 Å². The Balaban J connectivity index is 2.13. The summed E-state index contributed by atoms with van der Waals surface area (Å²) in [5.41, 5.74) is 1.83. The first-order chi connectivity index (χ1) is 9.60. The number of hydrogen-bond donors (Lipinski definition) is 1. The van der Waals surface area contributed by atoms with E-state index >= 15 is 0 Å². The summed E-state index contributed by atoms with van der Waals surface area (Å²) in [4.78, 5) is 16.1. The molecule has 20 heavy (non-hydrogen) atoms. The maximum absolute atomic E-state index is 11.6. The molecule has 0 saturated heterocycles. The summed E-state index contributed by atoms with van der Waals surface area (Å²) in [6.07, 6.45) is 1.08. The van der Waals surface area contributed by atoms with Gasteiger partial charge in [0.15, 0.2) is 5.13 Å². The molecule has 1 heterocycles. The summed E-state index contributed by atoms with van der Waals surface area (Å²) >= 11 is 13.9. The molecular formula is C13H11Br2ClN2OS. The molecule has 0 saturated carbocycles. The Kier molecular flexibility index (Phi) is 6.01. The predicted molar refractivity (Wildman–Crippen MR) is 91.5 cm³/mol. The molecule has 0 radical (unpaired) electrons. The number of hydrogen-bond acceptors (Lipinski definition) is 3. The Morgan fingerprint density at radius 2 is 2.00 bits per heavy atom. The van der Waals surface area contributed by atoms with Gasteiger partial charge in [0, 0.05) is 22.3 Å². The first-order valence-electron chi connectivity index (χ1n) is 5.88. The number of halogens is 3. The van der Waals surface area contributed by atoms with E-state index in [1.807, 2.05) is 24.3 Å². The van der Waals surface area contributed by atoms with E-state index in [0.717, 1.165) is 19.5 Å². The number of nitrogens with zero attached hydrogens (tertiary/aromatic N) is 1. The summed E-state index contributed by atoms with van der Waals surface area (Å²) in [6.45, 7) is 0. The Morgan fingerprint density at radius 3 is 2.65 bits per heavy atom. The van der Waals surface area contributed by atoms with Crippen LogP contribution >= 0.6 is 54.8 Å². The molecule has 0 spiro atoms. The second kappa shape index (κ2) is 7.54. The maximum Gasteiger partial charge on any atom is 0.226 e. The third kappa shape index (κ3) is 4.28. The molecule has 1 aromatic heterocycles. The van der Waals surface area contributed by atoms with Gasteiger partial charge >= 0.3 is 0 Å². The van der Waals surface area contributed by atoms with Crippen molar-refractivity contribution in [3.05, 3.63) is 32.5 Å². The van der Waals surface area contributed by atoms with E-state index in [9.17, 15) is 4.79 Å². The SMILES string of the molecule is O=C(CCCCl)Nc1nc(-c2ccc(Br)cc2)c(Br)s1. The number of carbonyl (C=O) groups is 1. The van der Waals surface area contributed by atoms with Gasteiger partial charge in [-0.2, -0.15) is 0 Å². The fourth-order valence-corrected chi connectivity index (χ4v) is 3.46. The summed E-state index contributed by atoms with van der Waals surface area (Å²) in [5.74, 6) is 0.424. The van der Waals surface area contributed by atoms with Gasteiger partial charge in [0.25, 0.3) is 0 Å². The normalized spacial score (nSPS) is 10.6. The minimum atomic E-state index is -0.0609. The summed E-state index contributed by atoms with van der Waals surface area (Å²) in [6, 6.07) is 7.87. The van der Waals surface area contributed by atoms with Crippen LogP contribution in [-0.4, -0.2) is 16.8 Å². The van der Waals surface area contributed by atoms with Crippen LogP contribution in [0.15, 0.2) is 32.5 Å². The number of rotatable bonds is 5. The van der Waals surface area contributed by atoms with E-state index in [-0.39, 0.29) is 5.91 Å². The molecule has 0 bridgehead atoms. The molecular weight excluding hydrogens is 427 g/mol. The molecule has 106 valence electrons. The lowest BCUT2D eigenvalue weighted by Crippen LogP contribution is -2.10. The van der Waals surface area contributed by atoms with Crippen LogP contribution in [0.2, 0.25) is 0 Å².